The van der Waals surface area contributed by atoms with Crippen LogP contribution in [0.5, 0.6) is 5.75 Å². The predicted octanol–water partition coefficient (Wildman–Crippen LogP) is 4.89. The van der Waals surface area contributed by atoms with Gasteiger partial charge in [-0.25, -0.2) is 0 Å². The van der Waals surface area contributed by atoms with Crippen LogP contribution in [0.1, 0.15) is 27.0 Å². The van der Waals surface area contributed by atoms with Gasteiger partial charge in [-0.1, -0.05) is 66.7 Å². The lowest BCUT2D eigenvalue weighted by Crippen LogP contribution is -1.98. The number of Topliss-reactive ketones (excluding diaryl/α,β-unsaturated/α-hetero) is 1. The lowest BCUT2D eigenvalue weighted by Gasteiger charge is -2.03. The second-order valence-electron chi connectivity index (χ2n) is 5.84. The number of ether oxygens (including phenoxy) is 1. The molecule has 0 spiro atoms. The van der Waals surface area contributed by atoms with E-state index in [-0.39, 0.29) is 5.78 Å². The van der Waals surface area contributed by atoms with E-state index in [4.69, 9.17) is 4.74 Å². The summed E-state index contributed by atoms with van der Waals surface area (Å²) in [6.07, 6.45) is 2.70. The van der Waals surface area contributed by atoms with Gasteiger partial charge in [0.1, 0.15) is 5.75 Å². The highest BCUT2D eigenvalue weighted by Crippen LogP contribution is 2.31. The molecule has 0 fully saturated rings. The van der Waals surface area contributed by atoms with Crippen LogP contribution in [0, 0.1) is 0 Å². The Bertz CT molecular complexity index is 906. The number of carbonyl (C=O) groups excluding carboxylic acids is 1. The number of hydrogen-bond acceptors (Lipinski definition) is 2. The van der Waals surface area contributed by atoms with Crippen LogP contribution in [0.4, 0.5) is 0 Å². The summed E-state index contributed by atoms with van der Waals surface area (Å²) in [6, 6.07) is 25.9. The Hall–Kier alpha value is -3.13. The summed E-state index contributed by atoms with van der Waals surface area (Å²) in [5.41, 5.74) is 4.12. The molecule has 0 unspecified atom stereocenters. The molecular formula is C22H16O2. The summed E-state index contributed by atoms with van der Waals surface area (Å²) in [5.74, 6) is 0.959. The second kappa shape index (κ2) is 6.17. The van der Waals surface area contributed by atoms with Crippen LogP contribution >= 0.6 is 0 Å². The van der Waals surface area contributed by atoms with Crippen molar-refractivity contribution in [2.24, 2.45) is 0 Å². The Kier molecular flexibility index (Phi) is 3.72. The quantitative estimate of drug-likeness (QED) is 0.643. The third kappa shape index (κ3) is 2.86. The third-order valence-corrected chi connectivity index (χ3v) is 4.10. The maximum atomic E-state index is 12.3. The average Bonchev–Trinajstić information content (AvgIpc) is 2.94. The van der Waals surface area contributed by atoms with Gasteiger partial charge in [0, 0.05) is 0 Å². The Morgan fingerprint density at radius 3 is 2.17 bits per heavy atom. The Morgan fingerprint density at radius 1 is 0.750 bits per heavy atom. The van der Waals surface area contributed by atoms with Crippen molar-refractivity contribution in [2.75, 3.05) is 0 Å². The van der Waals surface area contributed by atoms with Gasteiger partial charge in [-0.05, 0) is 41.3 Å². The number of allylic oxidation sites excluding steroid dienone is 1. The first-order valence-electron chi connectivity index (χ1n) is 7.96. The number of rotatable bonds is 3. The van der Waals surface area contributed by atoms with Crippen molar-refractivity contribution in [3.8, 4) is 5.75 Å². The summed E-state index contributed by atoms with van der Waals surface area (Å²) in [6.45, 7) is 0. The van der Waals surface area contributed by atoms with E-state index < -0.39 is 0 Å². The monoisotopic (exact) mass is 312 g/mol. The minimum absolute atomic E-state index is 0.0565. The van der Waals surface area contributed by atoms with Gasteiger partial charge < -0.3 is 4.74 Å². The molecule has 0 aliphatic carbocycles. The molecule has 1 aliphatic rings. The van der Waals surface area contributed by atoms with E-state index in [1.54, 1.807) is 12.1 Å². The molecule has 0 saturated carbocycles. The van der Waals surface area contributed by atoms with E-state index >= 15 is 0 Å². The van der Waals surface area contributed by atoms with Gasteiger partial charge >= 0.3 is 0 Å². The number of fused-ring (bicyclic) bond motifs is 1. The molecular weight excluding hydrogens is 296 g/mol. The van der Waals surface area contributed by atoms with Crippen LogP contribution < -0.4 is 4.74 Å². The number of benzene rings is 3. The molecule has 0 N–H and O–H groups in total. The highest BCUT2D eigenvalue weighted by atomic mass is 16.5. The molecule has 1 heterocycles. The SMILES string of the molecule is O=C1/C(=C/c2ccc(Cc3ccccc3)cc2)Oc2ccccc21. The van der Waals surface area contributed by atoms with E-state index in [1.165, 1.54) is 11.1 Å². The first-order chi connectivity index (χ1) is 11.8. The van der Waals surface area contributed by atoms with Crippen LogP contribution in [0.2, 0.25) is 0 Å². The van der Waals surface area contributed by atoms with Crippen molar-refractivity contribution in [2.45, 2.75) is 6.42 Å². The largest absolute Gasteiger partial charge is 0.452 e. The smallest absolute Gasteiger partial charge is 0.231 e. The van der Waals surface area contributed by atoms with Crippen molar-refractivity contribution >= 4 is 11.9 Å². The summed E-state index contributed by atoms with van der Waals surface area (Å²) in [7, 11) is 0. The van der Waals surface area contributed by atoms with Crippen LogP contribution in [-0.4, -0.2) is 5.78 Å². The standard InChI is InChI=1S/C22H16O2/c23-22-19-8-4-5-9-20(19)24-21(22)15-18-12-10-17(11-13-18)14-16-6-2-1-3-7-16/h1-13,15H,14H2/b21-15-. The first kappa shape index (κ1) is 14.5. The molecule has 0 saturated heterocycles. The second-order valence-corrected chi connectivity index (χ2v) is 5.84. The fourth-order valence-electron chi connectivity index (χ4n) is 2.85. The lowest BCUT2D eigenvalue weighted by atomic mass is 10.0. The van der Waals surface area contributed by atoms with Crippen LogP contribution in [-0.2, 0) is 6.42 Å². The van der Waals surface area contributed by atoms with E-state index in [0.717, 1.165) is 12.0 Å². The summed E-state index contributed by atoms with van der Waals surface area (Å²) < 4.78 is 5.66. The van der Waals surface area contributed by atoms with Gasteiger partial charge in [-0.2, -0.15) is 0 Å². The fourth-order valence-corrected chi connectivity index (χ4v) is 2.85. The normalized spacial score (nSPS) is 14.5. The van der Waals surface area contributed by atoms with Crippen molar-refractivity contribution in [1.82, 2.24) is 0 Å². The molecule has 3 aromatic rings. The lowest BCUT2D eigenvalue weighted by molar-refractivity contribution is 0.101. The minimum Gasteiger partial charge on any atom is -0.452 e. The average molecular weight is 312 g/mol. The highest BCUT2D eigenvalue weighted by molar-refractivity contribution is 6.14. The molecule has 24 heavy (non-hydrogen) atoms. The zero-order valence-electron chi connectivity index (χ0n) is 13.1. The van der Waals surface area contributed by atoms with Crippen molar-refractivity contribution < 1.29 is 9.53 Å². The highest BCUT2D eigenvalue weighted by Gasteiger charge is 2.26. The van der Waals surface area contributed by atoms with Gasteiger partial charge in [0.2, 0.25) is 5.78 Å². The van der Waals surface area contributed by atoms with E-state index in [1.807, 2.05) is 36.4 Å². The summed E-state index contributed by atoms with van der Waals surface area (Å²) in [5, 5.41) is 0. The Morgan fingerprint density at radius 2 is 1.42 bits per heavy atom. The molecule has 4 rings (SSSR count). The number of hydrogen-bond donors (Lipinski definition) is 0. The maximum absolute atomic E-state index is 12.3. The zero-order valence-corrected chi connectivity index (χ0v) is 13.1. The van der Waals surface area contributed by atoms with Crippen LogP contribution in [0.3, 0.4) is 0 Å². The van der Waals surface area contributed by atoms with E-state index in [2.05, 4.69) is 36.4 Å². The molecule has 2 heteroatoms. The zero-order chi connectivity index (χ0) is 16.4. The topological polar surface area (TPSA) is 26.3 Å². The van der Waals surface area contributed by atoms with Crippen molar-refractivity contribution in [3.05, 3.63) is 107 Å². The van der Waals surface area contributed by atoms with Gasteiger partial charge in [0.25, 0.3) is 0 Å². The molecule has 0 aromatic heterocycles. The van der Waals surface area contributed by atoms with E-state index in [0.29, 0.717) is 17.1 Å². The van der Waals surface area contributed by atoms with Gasteiger partial charge in [-0.3, -0.25) is 4.79 Å². The van der Waals surface area contributed by atoms with Gasteiger partial charge in [-0.15, -0.1) is 0 Å². The van der Waals surface area contributed by atoms with Gasteiger partial charge in [0.15, 0.2) is 5.76 Å². The third-order valence-electron chi connectivity index (χ3n) is 4.10. The van der Waals surface area contributed by atoms with E-state index in [9.17, 15) is 4.79 Å². The first-order valence-corrected chi connectivity index (χ1v) is 7.96. The Labute approximate surface area is 141 Å². The summed E-state index contributed by atoms with van der Waals surface area (Å²) >= 11 is 0. The predicted molar refractivity (Wildman–Crippen MR) is 95.1 cm³/mol. The van der Waals surface area contributed by atoms with Crippen LogP contribution in [0.25, 0.3) is 6.08 Å². The summed E-state index contributed by atoms with van der Waals surface area (Å²) in [4.78, 5) is 12.3. The minimum atomic E-state index is -0.0565. The maximum Gasteiger partial charge on any atom is 0.231 e. The van der Waals surface area contributed by atoms with Crippen molar-refractivity contribution in [1.29, 1.82) is 0 Å². The van der Waals surface area contributed by atoms with Gasteiger partial charge in [0.05, 0.1) is 5.56 Å². The number of para-hydroxylation sites is 1. The molecule has 0 radical (unpaired) electrons. The number of carbonyl (C=O) groups is 1. The molecule has 0 bridgehead atoms. The van der Waals surface area contributed by atoms with Crippen molar-refractivity contribution in [3.63, 3.8) is 0 Å². The molecule has 0 amide bonds. The Balaban J connectivity index is 1.53. The molecule has 2 nitrogen and oxygen atoms in total. The molecule has 116 valence electrons. The fraction of sp³-hybridized carbons (Fsp3) is 0.0455. The number of ketones is 1. The molecule has 1 aliphatic heterocycles. The van der Waals surface area contributed by atoms with Crippen LogP contribution in [0.15, 0.2) is 84.6 Å². The molecule has 3 aromatic carbocycles. The molecule has 0 atom stereocenters.